The highest BCUT2D eigenvalue weighted by molar-refractivity contribution is 8.18. The third kappa shape index (κ3) is 4.87. The van der Waals surface area contributed by atoms with Crippen LogP contribution in [0.15, 0.2) is 80.4 Å². The molecule has 1 amide bonds. The molecular formula is C23H18ClN3O4S. The molecule has 0 saturated carbocycles. The fourth-order valence-corrected chi connectivity index (χ4v) is 4.08. The summed E-state index contributed by atoms with van der Waals surface area (Å²) in [7, 11) is 1.58. The number of amides is 1. The van der Waals surface area contributed by atoms with E-state index in [1.807, 2.05) is 24.3 Å². The highest BCUT2D eigenvalue weighted by Crippen LogP contribution is 2.35. The van der Waals surface area contributed by atoms with Gasteiger partial charge in [-0.25, -0.2) is 0 Å². The van der Waals surface area contributed by atoms with Crippen LogP contribution in [0.2, 0.25) is 5.02 Å². The van der Waals surface area contributed by atoms with Gasteiger partial charge in [-0.15, -0.1) is 5.10 Å². The molecule has 1 saturated heterocycles. The molecule has 1 aliphatic heterocycles. The van der Waals surface area contributed by atoms with Crippen molar-refractivity contribution in [2.75, 3.05) is 7.11 Å². The van der Waals surface area contributed by atoms with E-state index in [0.29, 0.717) is 32.2 Å². The lowest BCUT2D eigenvalue weighted by Crippen LogP contribution is -2.28. The van der Waals surface area contributed by atoms with Crippen molar-refractivity contribution in [2.45, 2.75) is 6.54 Å². The quantitative estimate of drug-likeness (QED) is 0.307. The highest BCUT2D eigenvalue weighted by atomic mass is 35.5. The molecule has 1 fully saturated rings. The maximum atomic E-state index is 13.1. The molecule has 7 nitrogen and oxygen atoms in total. The van der Waals surface area contributed by atoms with Gasteiger partial charge in [-0.1, -0.05) is 29.8 Å². The second-order valence-corrected chi connectivity index (χ2v) is 8.10. The Bertz CT molecular complexity index is 1220. The number of rotatable bonds is 6. The third-order valence-electron chi connectivity index (χ3n) is 4.54. The molecule has 3 aromatic rings. The van der Waals surface area contributed by atoms with E-state index in [-0.39, 0.29) is 18.2 Å². The lowest BCUT2D eigenvalue weighted by Gasteiger charge is -2.12. The smallest absolute Gasteiger partial charge is 0.267 e. The lowest BCUT2D eigenvalue weighted by atomic mass is 10.2. The number of carbonyl (C=O) groups is 1. The van der Waals surface area contributed by atoms with Crippen LogP contribution in [0.3, 0.4) is 0 Å². The summed E-state index contributed by atoms with van der Waals surface area (Å²) in [6.07, 6.45) is 4.69. The Balaban J connectivity index is 1.66. The second-order valence-electron chi connectivity index (χ2n) is 6.65. The van der Waals surface area contributed by atoms with Crippen LogP contribution < -0.4 is 4.74 Å². The first-order valence-corrected chi connectivity index (χ1v) is 10.7. The molecule has 0 atom stereocenters. The van der Waals surface area contributed by atoms with Gasteiger partial charge in [-0.05, 0) is 54.2 Å². The van der Waals surface area contributed by atoms with E-state index in [4.69, 9.17) is 20.8 Å². The SMILES string of the molecule is COc1ccccc1/C=C1\S/C(=N/N=C\c2cc(Cl)ccc2O)N(Cc2ccco2)C1=O. The molecule has 32 heavy (non-hydrogen) atoms. The largest absolute Gasteiger partial charge is 0.507 e. The van der Waals surface area contributed by atoms with Crippen LogP contribution in [-0.4, -0.2) is 34.4 Å². The van der Waals surface area contributed by atoms with Gasteiger partial charge >= 0.3 is 0 Å². The number of para-hydroxylation sites is 1. The Kier molecular flexibility index (Phi) is 6.63. The minimum atomic E-state index is -0.225. The van der Waals surface area contributed by atoms with Crippen LogP contribution in [0.4, 0.5) is 0 Å². The molecule has 2 heterocycles. The maximum Gasteiger partial charge on any atom is 0.267 e. The number of halogens is 1. The average molecular weight is 468 g/mol. The van der Waals surface area contributed by atoms with Gasteiger partial charge in [0.2, 0.25) is 0 Å². The van der Waals surface area contributed by atoms with Crippen molar-refractivity contribution in [1.29, 1.82) is 0 Å². The van der Waals surface area contributed by atoms with Gasteiger partial charge in [0.25, 0.3) is 5.91 Å². The van der Waals surface area contributed by atoms with Crippen LogP contribution in [0.5, 0.6) is 11.5 Å². The summed E-state index contributed by atoms with van der Waals surface area (Å²) in [5.41, 5.74) is 1.19. The van der Waals surface area contributed by atoms with E-state index >= 15 is 0 Å². The number of furan rings is 1. The summed E-state index contributed by atoms with van der Waals surface area (Å²) in [5, 5.41) is 19.1. The topological polar surface area (TPSA) is 87.6 Å². The molecular weight excluding hydrogens is 450 g/mol. The number of carbonyl (C=O) groups excluding carboxylic acids is 1. The Morgan fingerprint density at radius 1 is 1.19 bits per heavy atom. The minimum absolute atomic E-state index is 0.0256. The number of hydrogen-bond donors (Lipinski definition) is 1. The molecule has 2 aromatic carbocycles. The van der Waals surface area contributed by atoms with Crippen LogP contribution in [0.1, 0.15) is 16.9 Å². The van der Waals surface area contributed by atoms with Crippen molar-refractivity contribution in [3.05, 3.63) is 87.7 Å². The average Bonchev–Trinajstić information content (AvgIpc) is 3.41. The summed E-state index contributed by atoms with van der Waals surface area (Å²) in [5.74, 6) is 1.07. The molecule has 4 rings (SSSR count). The number of phenols is 1. The van der Waals surface area contributed by atoms with Gasteiger partial charge in [0.15, 0.2) is 5.17 Å². The van der Waals surface area contributed by atoms with E-state index < -0.39 is 0 Å². The van der Waals surface area contributed by atoms with E-state index in [0.717, 1.165) is 5.56 Å². The summed E-state index contributed by atoms with van der Waals surface area (Å²) < 4.78 is 10.8. The number of thioether (sulfide) groups is 1. The molecule has 1 N–H and O–H groups in total. The molecule has 1 aromatic heterocycles. The molecule has 1 aliphatic rings. The van der Waals surface area contributed by atoms with Crippen molar-refractivity contribution >= 4 is 46.7 Å². The van der Waals surface area contributed by atoms with Gasteiger partial charge in [0.05, 0.1) is 31.0 Å². The Morgan fingerprint density at radius 2 is 2.03 bits per heavy atom. The fraction of sp³-hybridized carbons (Fsp3) is 0.0870. The van der Waals surface area contributed by atoms with Gasteiger partial charge in [-0.3, -0.25) is 9.69 Å². The van der Waals surface area contributed by atoms with Crippen molar-refractivity contribution in [3.63, 3.8) is 0 Å². The third-order valence-corrected chi connectivity index (χ3v) is 5.77. The van der Waals surface area contributed by atoms with Crippen LogP contribution in [0.25, 0.3) is 6.08 Å². The first-order valence-electron chi connectivity index (χ1n) is 9.51. The molecule has 0 unspecified atom stereocenters. The number of amidine groups is 1. The van der Waals surface area contributed by atoms with Gasteiger partial charge in [0.1, 0.15) is 17.3 Å². The number of phenolic OH excluding ortho intramolecular Hbond substituents is 1. The van der Waals surface area contributed by atoms with Crippen molar-refractivity contribution in [2.24, 2.45) is 10.2 Å². The van der Waals surface area contributed by atoms with Gasteiger partial charge in [0, 0.05) is 16.1 Å². The predicted octanol–water partition coefficient (Wildman–Crippen LogP) is 5.15. The Labute approximate surface area is 193 Å². The monoisotopic (exact) mass is 467 g/mol. The number of benzene rings is 2. The first kappa shape index (κ1) is 21.7. The van der Waals surface area contributed by atoms with Gasteiger partial charge < -0.3 is 14.3 Å². The van der Waals surface area contributed by atoms with Crippen LogP contribution >= 0.6 is 23.4 Å². The molecule has 162 valence electrons. The summed E-state index contributed by atoms with van der Waals surface area (Å²) in [6.45, 7) is 0.207. The molecule has 0 radical (unpaired) electrons. The zero-order valence-corrected chi connectivity index (χ0v) is 18.5. The number of nitrogens with zero attached hydrogens (tertiary/aromatic N) is 3. The lowest BCUT2D eigenvalue weighted by molar-refractivity contribution is -0.122. The summed E-state index contributed by atoms with van der Waals surface area (Å²) in [4.78, 5) is 15.1. The maximum absolute atomic E-state index is 13.1. The normalized spacial score (nSPS) is 16.6. The highest BCUT2D eigenvalue weighted by Gasteiger charge is 2.34. The number of aromatic hydroxyl groups is 1. The molecule has 9 heteroatoms. The van der Waals surface area contributed by atoms with E-state index in [1.54, 1.807) is 43.7 Å². The molecule has 0 bridgehead atoms. The molecule has 0 spiro atoms. The van der Waals surface area contributed by atoms with Crippen LogP contribution in [0, 0.1) is 0 Å². The number of hydrogen-bond acceptors (Lipinski definition) is 7. The first-order chi connectivity index (χ1) is 15.5. The van der Waals surface area contributed by atoms with E-state index in [1.165, 1.54) is 28.9 Å². The van der Waals surface area contributed by atoms with Crippen molar-refractivity contribution in [3.8, 4) is 11.5 Å². The van der Waals surface area contributed by atoms with Crippen LogP contribution in [-0.2, 0) is 11.3 Å². The number of ether oxygens (including phenoxy) is 1. The minimum Gasteiger partial charge on any atom is -0.507 e. The van der Waals surface area contributed by atoms with Crippen molar-refractivity contribution < 1.29 is 19.1 Å². The van der Waals surface area contributed by atoms with E-state index in [9.17, 15) is 9.90 Å². The number of methoxy groups -OCH3 is 1. The Hall–Kier alpha value is -3.49. The zero-order chi connectivity index (χ0) is 22.5. The fourth-order valence-electron chi connectivity index (χ4n) is 2.98. The summed E-state index contributed by atoms with van der Waals surface area (Å²) >= 11 is 7.16. The summed E-state index contributed by atoms with van der Waals surface area (Å²) in [6, 6.07) is 15.6. The van der Waals surface area contributed by atoms with Crippen molar-refractivity contribution in [1.82, 2.24) is 4.90 Å². The zero-order valence-electron chi connectivity index (χ0n) is 16.9. The standard InChI is InChI=1S/C23H18ClN3O4S/c1-30-20-7-3-2-5-15(20)12-21-22(29)27(14-18-6-4-10-31-18)23(32-21)26-25-13-16-11-17(24)8-9-19(16)28/h2-13,28H,14H2,1H3/b21-12-,25-13-,26-23+. The predicted molar refractivity (Wildman–Crippen MR) is 126 cm³/mol. The molecule has 0 aliphatic carbocycles. The van der Waals surface area contributed by atoms with E-state index in [2.05, 4.69) is 10.2 Å². The Morgan fingerprint density at radius 3 is 2.81 bits per heavy atom. The van der Waals surface area contributed by atoms with Gasteiger partial charge in [-0.2, -0.15) is 5.10 Å². The second kappa shape index (κ2) is 9.76.